The average molecular weight is 447 g/mol. The minimum atomic E-state index is -0.618. The Morgan fingerprint density at radius 1 is 1.09 bits per heavy atom. The molecule has 170 valence electrons. The molecule has 2 aliphatic heterocycles. The maximum atomic E-state index is 12.6. The number of hydrogen-bond donors (Lipinski definition) is 2. The normalized spacial score (nSPS) is 19.1. The molecule has 33 heavy (non-hydrogen) atoms. The first-order valence-electron chi connectivity index (χ1n) is 11.3. The number of nitrogens with one attached hydrogen (secondary N) is 2. The van der Waals surface area contributed by atoms with Gasteiger partial charge in [0.2, 0.25) is 5.91 Å². The molecule has 9 heteroatoms. The van der Waals surface area contributed by atoms with E-state index in [0.29, 0.717) is 19.5 Å². The van der Waals surface area contributed by atoms with E-state index in [-0.39, 0.29) is 24.2 Å². The van der Waals surface area contributed by atoms with E-state index < -0.39 is 12.1 Å². The van der Waals surface area contributed by atoms with E-state index in [0.717, 1.165) is 41.0 Å². The van der Waals surface area contributed by atoms with Crippen molar-refractivity contribution < 1.29 is 14.4 Å². The Balaban J connectivity index is 1.24. The van der Waals surface area contributed by atoms with Gasteiger partial charge in [-0.2, -0.15) is 5.10 Å². The summed E-state index contributed by atoms with van der Waals surface area (Å²) in [4.78, 5) is 42.3. The lowest BCUT2D eigenvalue weighted by Gasteiger charge is -2.32. The van der Waals surface area contributed by atoms with Gasteiger partial charge in [0.1, 0.15) is 6.04 Å². The Morgan fingerprint density at radius 3 is 2.55 bits per heavy atom. The molecule has 0 spiro atoms. The Bertz CT molecular complexity index is 1210. The van der Waals surface area contributed by atoms with E-state index in [4.69, 9.17) is 10.1 Å². The van der Waals surface area contributed by atoms with E-state index in [2.05, 4.69) is 22.8 Å². The van der Waals surface area contributed by atoms with Crippen LogP contribution >= 0.6 is 0 Å². The molecular weight excluding hydrogens is 420 g/mol. The number of piperidine rings is 1. The number of para-hydroxylation sites is 1. The molecule has 1 unspecified atom stereocenters. The Morgan fingerprint density at radius 2 is 1.85 bits per heavy atom. The van der Waals surface area contributed by atoms with Crippen molar-refractivity contribution in [2.75, 3.05) is 13.1 Å². The third-order valence-electron chi connectivity index (χ3n) is 6.51. The standard InChI is InChI=1S/C24H26N6O3/c1-15-18-7-8-19(25-22(18)30(28-15)17-5-3-2-4-6-17)16-11-13-29(14-12-16)21(31)10-9-20-23(32)27-24(33)26-20/h2-8,16,20H,9-14H2,1H3,(H2,26,27,32,33). The van der Waals surface area contributed by atoms with Crippen molar-refractivity contribution in [3.63, 3.8) is 0 Å². The van der Waals surface area contributed by atoms with Gasteiger partial charge in [0.25, 0.3) is 5.91 Å². The zero-order valence-corrected chi connectivity index (χ0v) is 18.5. The fourth-order valence-electron chi connectivity index (χ4n) is 4.65. The second-order valence-corrected chi connectivity index (χ2v) is 8.65. The molecule has 2 fully saturated rings. The number of aryl methyl sites for hydroxylation is 1. The van der Waals surface area contributed by atoms with Crippen LogP contribution < -0.4 is 10.6 Å². The first kappa shape index (κ1) is 21.1. The van der Waals surface area contributed by atoms with E-state index in [1.54, 1.807) is 0 Å². The molecule has 1 atom stereocenters. The number of likely N-dealkylation sites (tertiary alicyclic amines) is 1. The van der Waals surface area contributed by atoms with Crippen molar-refractivity contribution in [3.05, 3.63) is 53.9 Å². The van der Waals surface area contributed by atoms with E-state index >= 15 is 0 Å². The van der Waals surface area contributed by atoms with Crippen LogP contribution in [0.2, 0.25) is 0 Å². The molecule has 2 N–H and O–H groups in total. The van der Waals surface area contributed by atoms with Crippen LogP contribution in [0, 0.1) is 6.92 Å². The number of nitrogens with zero attached hydrogens (tertiary/aromatic N) is 4. The molecule has 2 aliphatic rings. The number of aromatic nitrogens is 3. The number of rotatable bonds is 5. The monoisotopic (exact) mass is 446 g/mol. The van der Waals surface area contributed by atoms with Crippen molar-refractivity contribution in [2.45, 2.75) is 44.6 Å². The van der Waals surface area contributed by atoms with Gasteiger partial charge < -0.3 is 10.2 Å². The molecule has 5 rings (SSSR count). The van der Waals surface area contributed by atoms with Gasteiger partial charge in [-0.1, -0.05) is 18.2 Å². The topological polar surface area (TPSA) is 109 Å². The fourth-order valence-corrected chi connectivity index (χ4v) is 4.65. The summed E-state index contributed by atoms with van der Waals surface area (Å²) in [6.45, 7) is 3.31. The molecule has 3 aromatic rings. The van der Waals surface area contributed by atoms with Crippen LogP contribution in [0.15, 0.2) is 42.5 Å². The minimum Gasteiger partial charge on any atom is -0.343 e. The van der Waals surface area contributed by atoms with E-state index in [1.165, 1.54) is 0 Å². The van der Waals surface area contributed by atoms with Gasteiger partial charge in [-0.25, -0.2) is 14.5 Å². The lowest BCUT2D eigenvalue weighted by atomic mass is 9.92. The van der Waals surface area contributed by atoms with Crippen LogP contribution in [0.3, 0.4) is 0 Å². The predicted molar refractivity (Wildman–Crippen MR) is 122 cm³/mol. The van der Waals surface area contributed by atoms with Gasteiger partial charge in [-0.05, 0) is 50.5 Å². The summed E-state index contributed by atoms with van der Waals surface area (Å²) in [7, 11) is 0. The van der Waals surface area contributed by atoms with Gasteiger partial charge in [0, 0.05) is 36.5 Å². The first-order chi connectivity index (χ1) is 16.0. The van der Waals surface area contributed by atoms with Crippen LogP contribution in [0.5, 0.6) is 0 Å². The third kappa shape index (κ3) is 4.18. The summed E-state index contributed by atoms with van der Waals surface area (Å²) in [5.41, 5.74) is 3.80. The first-order valence-corrected chi connectivity index (χ1v) is 11.3. The highest BCUT2D eigenvalue weighted by Gasteiger charge is 2.31. The third-order valence-corrected chi connectivity index (χ3v) is 6.51. The number of urea groups is 1. The van der Waals surface area contributed by atoms with Gasteiger partial charge in [0.15, 0.2) is 5.65 Å². The smallest absolute Gasteiger partial charge is 0.322 e. The van der Waals surface area contributed by atoms with Crippen molar-refractivity contribution in [1.82, 2.24) is 30.3 Å². The fraction of sp³-hybridized carbons (Fsp3) is 0.375. The number of fused-ring (bicyclic) bond motifs is 1. The maximum absolute atomic E-state index is 12.6. The van der Waals surface area contributed by atoms with Crippen molar-refractivity contribution >= 4 is 28.9 Å². The van der Waals surface area contributed by atoms with E-state index in [1.807, 2.05) is 46.8 Å². The molecule has 0 radical (unpaired) electrons. The number of amides is 4. The molecule has 0 aliphatic carbocycles. The average Bonchev–Trinajstić information content (AvgIpc) is 3.35. The molecule has 4 heterocycles. The van der Waals surface area contributed by atoms with Crippen molar-refractivity contribution in [2.24, 2.45) is 0 Å². The van der Waals surface area contributed by atoms with Crippen LogP contribution in [-0.4, -0.2) is 56.6 Å². The molecule has 4 amide bonds. The highest BCUT2D eigenvalue weighted by molar-refractivity contribution is 6.04. The second-order valence-electron chi connectivity index (χ2n) is 8.65. The summed E-state index contributed by atoms with van der Waals surface area (Å²) in [6.07, 6.45) is 2.23. The molecule has 2 aromatic heterocycles. The lowest BCUT2D eigenvalue weighted by Crippen LogP contribution is -2.39. The molecule has 0 saturated carbocycles. The lowest BCUT2D eigenvalue weighted by molar-refractivity contribution is -0.132. The molecule has 1 aromatic carbocycles. The number of benzene rings is 1. The van der Waals surface area contributed by atoms with Crippen LogP contribution in [0.1, 0.15) is 43.0 Å². The highest BCUT2D eigenvalue weighted by Crippen LogP contribution is 2.30. The number of pyridine rings is 1. The SMILES string of the molecule is Cc1nn(-c2ccccc2)c2nc(C3CCN(C(=O)CCC4NC(=O)NC4=O)CC3)ccc12. The number of carbonyl (C=O) groups is 3. The highest BCUT2D eigenvalue weighted by atomic mass is 16.2. The number of hydrogen-bond acceptors (Lipinski definition) is 5. The van der Waals surface area contributed by atoms with Gasteiger partial charge in [-0.15, -0.1) is 0 Å². The summed E-state index contributed by atoms with van der Waals surface area (Å²) in [5.74, 6) is -0.0701. The molecule has 9 nitrogen and oxygen atoms in total. The van der Waals surface area contributed by atoms with Crippen molar-refractivity contribution in [1.29, 1.82) is 0 Å². The quantitative estimate of drug-likeness (QED) is 0.585. The van der Waals surface area contributed by atoms with E-state index in [9.17, 15) is 14.4 Å². The van der Waals surface area contributed by atoms with Crippen LogP contribution in [0.4, 0.5) is 4.79 Å². The Kier molecular flexibility index (Phi) is 5.53. The summed E-state index contributed by atoms with van der Waals surface area (Å²) < 4.78 is 1.89. The zero-order valence-electron chi connectivity index (χ0n) is 18.5. The zero-order chi connectivity index (χ0) is 22.9. The largest absolute Gasteiger partial charge is 0.343 e. The second kappa shape index (κ2) is 8.65. The molecule has 2 saturated heterocycles. The number of imide groups is 1. The van der Waals surface area contributed by atoms with Crippen LogP contribution in [0.25, 0.3) is 16.7 Å². The molecule has 0 bridgehead atoms. The van der Waals surface area contributed by atoms with Gasteiger partial charge in [0.05, 0.1) is 11.4 Å². The predicted octanol–water partition coefficient (Wildman–Crippen LogP) is 2.42. The van der Waals surface area contributed by atoms with Gasteiger partial charge in [-0.3, -0.25) is 14.9 Å². The summed E-state index contributed by atoms with van der Waals surface area (Å²) in [6, 6.07) is 13.1. The summed E-state index contributed by atoms with van der Waals surface area (Å²) >= 11 is 0. The van der Waals surface area contributed by atoms with Crippen molar-refractivity contribution in [3.8, 4) is 5.69 Å². The van der Waals surface area contributed by atoms with Gasteiger partial charge >= 0.3 is 6.03 Å². The Labute approximate surface area is 191 Å². The number of carbonyl (C=O) groups excluding carboxylic acids is 3. The summed E-state index contributed by atoms with van der Waals surface area (Å²) in [5, 5.41) is 10.5. The van der Waals surface area contributed by atoms with Crippen LogP contribution in [-0.2, 0) is 9.59 Å². The Hall–Kier alpha value is -3.75. The molecular formula is C24H26N6O3. The minimum absolute atomic E-state index is 0.0172. The maximum Gasteiger partial charge on any atom is 0.322 e.